The van der Waals surface area contributed by atoms with Crippen molar-refractivity contribution in [3.63, 3.8) is 0 Å². The van der Waals surface area contributed by atoms with E-state index in [-0.39, 0.29) is 22.7 Å². The van der Waals surface area contributed by atoms with E-state index < -0.39 is 5.82 Å². The second-order valence-corrected chi connectivity index (χ2v) is 7.92. The molecule has 5 nitrogen and oxygen atoms in total. The van der Waals surface area contributed by atoms with Crippen molar-refractivity contribution in [3.05, 3.63) is 59.2 Å². The lowest BCUT2D eigenvalue weighted by Crippen LogP contribution is -2.29. The molecule has 0 spiro atoms. The van der Waals surface area contributed by atoms with Crippen LogP contribution in [-0.2, 0) is 6.42 Å². The van der Waals surface area contributed by atoms with Crippen LogP contribution in [0, 0.1) is 11.7 Å². The molecule has 0 saturated heterocycles. The number of hydrogen-bond acceptors (Lipinski definition) is 3. The highest BCUT2D eigenvalue weighted by Gasteiger charge is 2.19. The van der Waals surface area contributed by atoms with Gasteiger partial charge < -0.3 is 15.4 Å². The van der Waals surface area contributed by atoms with E-state index in [9.17, 15) is 14.3 Å². The molecule has 1 fully saturated rings. The SMILES string of the molecule is O=C(NCC1CCCCCC1)c1ccc2[nH]c(Cc3cccc(O)c3)nc2c1F. The number of phenols is 1. The number of benzene rings is 2. The number of halogens is 1. The number of aromatic amines is 1. The molecule has 6 heteroatoms. The summed E-state index contributed by atoms with van der Waals surface area (Å²) in [5.74, 6) is 0.260. The number of rotatable bonds is 5. The van der Waals surface area contributed by atoms with Crippen LogP contribution in [-0.4, -0.2) is 27.5 Å². The Bertz CT molecular complexity index is 1010. The van der Waals surface area contributed by atoms with E-state index in [0.29, 0.717) is 30.2 Å². The zero-order valence-electron chi connectivity index (χ0n) is 16.4. The molecule has 1 saturated carbocycles. The summed E-state index contributed by atoms with van der Waals surface area (Å²) in [7, 11) is 0. The van der Waals surface area contributed by atoms with E-state index in [2.05, 4.69) is 15.3 Å². The van der Waals surface area contributed by atoms with E-state index in [1.165, 1.54) is 31.7 Å². The maximum atomic E-state index is 15.0. The molecule has 3 aromatic rings. The number of fused-ring (bicyclic) bond motifs is 1. The normalized spacial score (nSPS) is 15.3. The highest BCUT2D eigenvalue weighted by molar-refractivity contribution is 5.97. The van der Waals surface area contributed by atoms with E-state index in [0.717, 1.165) is 18.4 Å². The van der Waals surface area contributed by atoms with Crippen LogP contribution in [0.5, 0.6) is 5.75 Å². The molecular weight excluding hydrogens is 369 g/mol. The van der Waals surface area contributed by atoms with Crippen molar-refractivity contribution >= 4 is 16.9 Å². The van der Waals surface area contributed by atoms with E-state index >= 15 is 0 Å². The van der Waals surface area contributed by atoms with Gasteiger partial charge in [-0.05, 0) is 48.6 Å². The number of imidazole rings is 1. The molecule has 0 bridgehead atoms. The molecule has 1 aliphatic carbocycles. The van der Waals surface area contributed by atoms with Gasteiger partial charge in [0.1, 0.15) is 17.1 Å². The number of aromatic nitrogens is 2. The first-order valence-corrected chi connectivity index (χ1v) is 10.3. The number of nitrogens with one attached hydrogen (secondary N) is 2. The summed E-state index contributed by atoms with van der Waals surface area (Å²) in [6, 6.07) is 10.1. The van der Waals surface area contributed by atoms with Crippen molar-refractivity contribution in [2.45, 2.75) is 44.9 Å². The second-order valence-electron chi connectivity index (χ2n) is 7.92. The van der Waals surface area contributed by atoms with Crippen molar-refractivity contribution < 1.29 is 14.3 Å². The number of amides is 1. The summed E-state index contributed by atoms with van der Waals surface area (Å²) in [4.78, 5) is 20.0. The third kappa shape index (κ3) is 4.58. The third-order valence-electron chi connectivity index (χ3n) is 5.69. The average molecular weight is 395 g/mol. The maximum Gasteiger partial charge on any atom is 0.254 e. The first-order chi connectivity index (χ1) is 14.1. The van der Waals surface area contributed by atoms with Crippen molar-refractivity contribution in [1.29, 1.82) is 0 Å². The lowest BCUT2D eigenvalue weighted by Gasteiger charge is -2.15. The number of carbonyl (C=O) groups excluding carboxylic acids is 1. The molecule has 0 radical (unpaired) electrons. The Morgan fingerprint density at radius 1 is 1.17 bits per heavy atom. The highest BCUT2D eigenvalue weighted by atomic mass is 19.1. The molecule has 2 aromatic carbocycles. The van der Waals surface area contributed by atoms with Crippen LogP contribution in [0.3, 0.4) is 0 Å². The van der Waals surface area contributed by atoms with Gasteiger partial charge in [-0.3, -0.25) is 4.79 Å². The van der Waals surface area contributed by atoms with Gasteiger partial charge in [0.05, 0.1) is 11.1 Å². The van der Waals surface area contributed by atoms with Crippen molar-refractivity contribution in [2.24, 2.45) is 5.92 Å². The van der Waals surface area contributed by atoms with Crippen molar-refractivity contribution in [3.8, 4) is 5.75 Å². The predicted molar refractivity (Wildman–Crippen MR) is 110 cm³/mol. The minimum atomic E-state index is -0.598. The molecule has 0 atom stereocenters. The quantitative estimate of drug-likeness (QED) is 0.548. The number of nitrogens with zero attached hydrogens (tertiary/aromatic N) is 1. The average Bonchev–Trinajstić information content (AvgIpc) is 2.93. The van der Waals surface area contributed by atoms with Gasteiger partial charge in [-0.15, -0.1) is 0 Å². The van der Waals surface area contributed by atoms with Crippen LogP contribution in [0.2, 0.25) is 0 Å². The molecule has 4 rings (SSSR count). The maximum absolute atomic E-state index is 15.0. The Morgan fingerprint density at radius 2 is 1.97 bits per heavy atom. The van der Waals surface area contributed by atoms with Crippen LogP contribution in [0.1, 0.15) is 60.3 Å². The first kappa shape index (κ1) is 19.4. The van der Waals surface area contributed by atoms with Gasteiger partial charge in [-0.25, -0.2) is 9.37 Å². The summed E-state index contributed by atoms with van der Waals surface area (Å²) in [5, 5.41) is 12.5. The minimum Gasteiger partial charge on any atom is -0.508 e. The van der Waals surface area contributed by atoms with E-state index in [1.807, 2.05) is 6.07 Å². The summed E-state index contributed by atoms with van der Waals surface area (Å²) in [6.45, 7) is 0.597. The second kappa shape index (κ2) is 8.64. The van der Waals surface area contributed by atoms with Gasteiger partial charge >= 0.3 is 0 Å². The zero-order chi connectivity index (χ0) is 20.2. The van der Waals surface area contributed by atoms with Crippen molar-refractivity contribution in [2.75, 3.05) is 6.54 Å². The van der Waals surface area contributed by atoms with Crippen LogP contribution >= 0.6 is 0 Å². The Hall–Kier alpha value is -2.89. The lowest BCUT2D eigenvalue weighted by molar-refractivity contribution is 0.0942. The fraction of sp³-hybridized carbons (Fsp3) is 0.391. The minimum absolute atomic E-state index is 0.0292. The van der Waals surface area contributed by atoms with E-state index in [4.69, 9.17) is 0 Å². The summed E-state index contributed by atoms with van der Waals surface area (Å²) < 4.78 is 15.0. The van der Waals surface area contributed by atoms with Crippen molar-refractivity contribution in [1.82, 2.24) is 15.3 Å². The summed E-state index contributed by atoms with van der Waals surface area (Å²) >= 11 is 0. The molecule has 152 valence electrons. The molecule has 29 heavy (non-hydrogen) atoms. The number of carbonyl (C=O) groups is 1. The fourth-order valence-electron chi connectivity index (χ4n) is 4.11. The van der Waals surface area contributed by atoms with Crippen LogP contribution in [0.15, 0.2) is 36.4 Å². The summed E-state index contributed by atoms with van der Waals surface area (Å²) in [5.41, 5.74) is 1.62. The number of hydrogen-bond donors (Lipinski definition) is 3. The monoisotopic (exact) mass is 395 g/mol. The summed E-state index contributed by atoms with van der Waals surface area (Å²) in [6.07, 6.45) is 7.62. The van der Waals surface area contributed by atoms with Gasteiger partial charge in [0.15, 0.2) is 5.82 Å². The number of phenolic OH excluding ortho intramolecular Hbond substituents is 1. The molecular formula is C23H26FN3O2. The Kier molecular flexibility index (Phi) is 5.79. The smallest absolute Gasteiger partial charge is 0.254 e. The van der Waals surface area contributed by atoms with E-state index in [1.54, 1.807) is 24.3 Å². The number of aromatic hydroxyl groups is 1. The standard InChI is InChI=1S/C23H26FN3O2/c24-21-18(23(29)25-14-15-6-3-1-2-4-7-15)10-11-19-22(21)27-20(26-19)13-16-8-5-9-17(28)12-16/h5,8-12,15,28H,1-4,6-7,13-14H2,(H,25,29)(H,26,27). The van der Waals surface area contributed by atoms with Crippen LogP contribution in [0.4, 0.5) is 4.39 Å². The van der Waals surface area contributed by atoms with Gasteiger partial charge in [0.2, 0.25) is 0 Å². The Morgan fingerprint density at radius 3 is 2.72 bits per heavy atom. The van der Waals surface area contributed by atoms with Crippen LogP contribution in [0.25, 0.3) is 11.0 Å². The first-order valence-electron chi connectivity index (χ1n) is 10.3. The Labute approximate surface area is 169 Å². The number of H-pyrrole nitrogens is 1. The third-order valence-corrected chi connectivity index (χ3v) is 5.69. The topological polar surface area (TPSA) is 78.0 Å². The molecule has 0 unspecified atom stereocenters. The Balaban J connectivity index is 1.48. The molecule has 3 N–H and O–H groups in total. The van der Waals surface area contributed by atoms with Gasteiger partial charge in [0.25, 0.3) is 5.91 Å². The van der Waals surface area contributed by atoms with Gasteiger partial charge in [-0.2, -0.15) is 0 Å². The lowest BCUT2D eigenvalue weighted by atomic mass is 10.0. The van der Waals surface area contributed by atoms with Crippen LogP contribution < -0.4 is 5.32 Å². The predicted octanol–water partition coefficient (Wildman–Crippen LogP) is 4.70. The molecule has 0 aliphatic heterocycles. The zero-order valence-corrected chi connectivity index (χ0v) is 16.4. The molecule has 1 aromatic heterocycles. The molecule has 1 heterocycles. The largest absolute Gasteiger partial charge is 0.508 e. The molecule has 1 amide bonds. The highest BCUT2D eigenvalue weighted by Crippen LogP contribution is 2.24. The fourth-order valence-corrected chi connectivity index (χ4v) is 4.11. The van der Waals surface area contributed by atoms with Gasteiger partial charge in [-0.1, -0.05) is 37.8 Å². The molecule has 1 aliphatic rings. The van der Waals surface area contributed by atoms with Gasteiger partial charge in [0, 0.05) is 13.0 Å².